The second-order valence-electron chi connectivity index (χ2n) is 5.76. The third kappa shape index (κ3) is 4.62. The number of hydrogen-bond donors (Lipinski definition) is 0. The summed E-state index contributed by atoms with van der Waals surface area (Å²) in [6.07, 6.45) is -0.596. The first-order valence-corrected chi connectivity index (χ1v) is 7.45. The number of hydrogen-bond acceptors (Lipinski definition) is 0. The normalized spacial score (nSPS) is 11.9. The molecular weight excluding hydrogens is 285 g/mol. The number of halogens is 3. The Hall–Kier alpha value is -1.77. The third-order valence-corrected chi connectivity index (χ3v) is 3.70. The first-order chi connectivity index (χ1) is 10.4. The molecule has 22 heavy (non-hydrogen) atoms. The predicted molar refractivity (Wildman–Crippen MR) is 83.7 cm³/mol. The SMILES string of the molecule is CC(C)c1ccc([CH]CCc2ccc(C(F)(F)F)cc2)cc1. The Bertz CT molecular complexity index is 578. The van der Waals surface area contributed by atoms with Crippen LogP contribution in [-0.2, 0) is 12.6 Å². The molecule has 0 atom stereocenters. The molecule has 1 radical (unpaired) electrons. The fraction of sp³-hybridized carbons (Fsp3) is 0.316. The van der Waals surface area contributed by atoms with Crippen LogP contribution in [0.4, 0.5) is 13.2 Å². The van der Waals surface area contributed by atoms with E-state index in [4.69, 9.17) is 0 Å². The van der Waals surface area contributed by atoms with Gasteiger partial charge >= 0.3 is 6.18 Å². The highest BCUT2D eigenvalue weighted by Gasteiger charge is 2.29. The van der Waals surface area contributed by atoms with Crippen LogP contribution in [0.5, 0.6) is 0 Å². The maximum atomic E-state index is 12.5. The van der Waals surface area contributed by atoms with Crippen LogP contribution in [0, 0.1) is 6.42 Å². The average Bonchev–Trinajstić information content (AvgIpc) is 2.47. The summed E-state index contributed by atoms with van der Waals surface area (Å²) in [7, 11) is 0. The van der Waals surface area contributed by atoms with Crippen LogP contribution >= 0.6 is 0 Å². The van der Waals surface area contributed by atoms with Gasteiger partial charge in [0.1, 0.15) is 0 Å². The maximum Gasteiger partial charge on any atom is 0.416 e. The molecule has 0 aliphatic heterocycles. The minimum absolute atomic E-state index is 0.515. The summed E-state index contributed by atoms with van der Waals surface area (Å²) in [5, 5.41) is 0. The molecule has 2 aromatic carbocycles. The van der Waals surface area contributed by atoms with Gasteiger partial charge in [0, 0.05) is 0 Å². The van der Waals surface area contributed by atoms with E-state index in [1.54, 1.807) is 12.1 Å². The van der Waals surface area contributed by atoms with E-state index in [1.807, 2.05) is 0 Å². The molecule has 0 saturated carbocycles. The molecule has 2 aromatic rings. The van der Waals surface area contributed by atoms with Gasteiger partial charge in [-0.15, -0.1) is 0 Å². The molecule has 0 fully saturated rings. The highest BCUT2D eigenvalue weighted by molar-refractivity contribution is 5.30. The summed E-state index contributed by atoms with van der Waals surface area (Å²) < 4.78 is 37.4. The van der Waals surface area contributed by atoms with Gasteiger partial charge in [-0.1, -0.05) is 50.2 Å². The molecule has 0 N–H and O–H groups in total. The maximum absolute atomic E-state index is 12.5. The minimum atomic E-state index is -4.26. The van der Waals surface area contributed by atoms with E-state index < -0.39 is 11.7 Å². The van der Waals surface area contributed by atoms with E-state index in [0.717, 1.165) is 36.1 Å². The molecule has 0 unspecified atom stereocenters. The zero-order chi connectivity index (χ0) is 16.2. The Kier molecular flexibility index (Phi) is 5.28. The van der Waals surface area contributed by atoms with Crippen molar-refractivity contribution in [1.29, 1.82) is 0 Å². The van der Waals surface area contributed by atoms with E-state index in [1.165, 1.54) is 5.56 Å². The summed E-state index contributed by atoms with van der Waals surface area (Å²) in [6.45, 7) is 4.31. The summed E-state index contributed by atoms with van der Waals surface area (Å²) in [6, 6.07) is 13.8. The zero-order valence-electron chi connectivity index (χ0n) is 12.8. The van der Waals surface area contributed by atoms with Crippen LogP contribution in [-0.4, -0.2) is 0 Å². The van der Waals surface area contributed by atoms with Gasteiger partial charge < -0.3 is 0 Å². The van der Waals surface area contributed by atoms with Gasteiger partial charge in [-0.3, -0.25) is 0 Å². The van der Waals surface area contributed by atoms with E-state index in [9.17, 15) is 13.2 Å². The molecule has 3 heteroatoms. The Balaban J connectivity index is 1.86. The van der Waals surface area contributed by atoms with E-state index in [-0.39, 0.29) is 0 Å². The molecular formula is C19H20F3. The highest BCUT2D eigenvalue weighted by Crippen LogP contribution is 2.29. The van der Waals surface area contributed by atoms with Crippen molar-refractivity contribution in [3.05, 3.63) is 77.2 Å². The van der Waals surface area contributed by atoms with E-state index >= 15 is 0 Å². The van der Waals surface area contributed by atoms with Crippen LogP contribution in [0.1, 0.15) is 48.4 Å². The van der Waals surface area contributed by atoms with Crippen LogP contribution in [0.25, 0.3) is 0 Å². The second kappa shape index (κ2) is 6.99. The quantitative estimate of drug-likeness (QED) is 0.634. The summed E-state index contributed by atoms with van der Waals surface area (Å²) in [4.78, 5) is 0. The zero-order valence-corrected chi connectivity index (χ0v) is 12.8. The van der Waals surface area contributed by atoms with Crippen molar-refractivity contribution in [2.24, 2.45) is 0 Å². The van der Waals surface area contributed by atoms with E-state index in [0.29, 0.717) is 5.92 Å². The van der Waals surface area contributed by atoms with Crippen molar-refractivity contribution in [2.75, 3.05) is 0 Å². The minimum Gasteiger partial charge on any atom is -0.166 e. The Labute approximate surface area is 130 Å². The fourth-order valence-corrected chi connectivity index (χ4v) is 2.28. The summed E-state index contributed by atoms with van der Waals surface area (Å²) >= 11 is 0. The lowest BCUT2D eigenvalue weighted by Gasteiger charge is -2.08. The van der Waals surface area contributed by atoms with Crippen molar-refractivity contribution in [3.63, 3.8) is 0 Å². The summed E-state index contributed by atoms with van der Waals surface area (Å²) in [5.41, 5.74) is 2.78. The third-order valence-electron chi connectivity index (χ3n) is 3.70. The van der Waals surface area contributed by atoms with E-state index in [2.05, 4.69) is 44.5 Å². The largest absolute Gasteiger partial charge is 0.416 e. The lowest BCUT2D eigenvalue weighted by Crippen LogP contribution is -2.04. The van der Waals surface area contributed by atoms with Crippen molar-refractivity contribution < 1.29 is 13.2 Å². The Morgan fingerprint density at radius 2 is 1.50 bits per heavy atom. The topological polar surface area (TPSA) is 0 Å². The van der Waals surface area contributed by atoms with Gasteiger partial charge in [0.15, 0.2) is 0 Å². The van der Waals surface area contributed by atoms with Crippen LogP contribution in [0.3, 0.4) is 0 Å². The van der Waals surface area contributed by atoms with Gasteiger partial charge in [0.05, 0.1) is 5.56 Å². The Morgan fingerprint density at radius 3 is 2.00 bits per heavy atom. The number of alkyl halides is 3. The fourth-order valence-electron chi connectivity index (χ4n) is 2.28. The average molecular weight is 305 g/mol. The van der Waals surface area contributed by atoms with Gasteiger partial charge in [-0.05, 0) is 54.0 Å². The van der Waals surface area contributed by atoms with Crippen molar-refractivity contribution in [2.45, 2.75) is 38.8 Å². The number of benzene rings is 2. The monoisotopic (exact) mass is 305 g/mol. The standard InChI is InChI=1S/C19H20F3/c1-14(2)17-10-6-15(7-11-17)4-3-5-16-8-12-18(13-9-16)19(20,21)22/h4,6-14H,3,5H2,1-2H3. The lowest BCUT2D eigenvalue weighted by atomic mass is 9.99. The van der Waals surface area contributed by atoms with Crippen molar-refractivity contribution in [3.8, 4) is 0 Å². The first-order valence-electron chi connectivity index (χ1n) is 7.45. The molecule has 0 spiro atoms. The molecule has 0 aliphatic rings. The van der Waals surface area contributed by atoms with Crippen LogP contribution < -0.4 is 0 Å². The molecule has 0 aliphatic carbocycles. The molecule has 0 nitrogen and oxygen atoms in total. The van der Waals surface area contributed by atoms with Gasteiger partial charge in [0.2, 0.25) is 0 Å². The smallest absolute Gasteiger partial charge is 0.166 e. The van der Waals surface area contributed by atoms with Gasteiger partial charge in [0.25, 0.3) is 0 Å². The molecule has 0 bridgehead atoms. The highest BCUT2D eigenvalue weighted by atomic mass is 19.4. The molecule has 0 saturated heterocycles. The van der Waals surface area contributed by atoms with Gasteiger partial charge in [-0.25, -0.2) is 0 Å². The van der Waals surface area contributed by atoms with Crippen molar-refractivity contribution >= 4 is 0 Å². The lowest BCUT2D eigenvalue weighted by molar-refractivity contribution is -0.137. The number of rotatable bonds is 5. The predicted octanol–water partition coefficient (Wildman–Crippen LogP) is 6.01. The summed E-state index contributed by atoms with van der Waals surface area (Å²) in [5.74, 6) is 0.515. The Morgan fingerprint density at radius 1 is 0.909 bits per heavy atom. The number of aryl methyl sites for hydroxylation is 1. The molecule has 2 rings (SSSR count). The molecule has 117 valence electrons. The first kappa shape index (κ1) is 16.6. The van der Waals surface area contributed by atoms with Crippen LogP contribution in [0.2, 0.25) is 0 Å². The second-order valence-corrected chi connectivity index (χ2v) is 5.76. The van der Waals surface area contributed by atoms with Crippen molar-refractivity contribution in [1.82, 2.24) is 0 Å². The molecule has 0 amide bonds. The molecule has 0 heterocycles. The van der Waals surface area contributed by atoms with Crippen LogP contribution in [0.15, 0.2) is 48.5 Å². The molecule has 0 aromatic heterocycles. The van der Waals surface area contributed by atoms with Gasteiger partial charge in [-0.2, -0.15) is 13.2 Å².